The molecule has 3 atom stereocenters. The van der Waals surface area contributed by atoms with E-state index in [0.717, 1.165) is 17.2 Å². The summed E-state index contributed by atoms with van der Waals surface area (Å²) >= 11 is 6.27. The third-order valence-corrected chi connectivity index (χ3v) is 6.05. The van der Waals surface area contributed by atoms with Gasteiger partial charge in [-0.2, -0.15) is 0 Å². The Hall–Kier alpha value is -2.71. The molecule has 0 radical (unpaired) electrons. The predicted molar refractivity (Wildman–Crippen MR) is 115 cm³/mol. The predicted octanol–water partition coefficient (Wildman–Crippen LogP) is 6.75. The van der Waals surface area contributed by atoms with Crippen LogP contribution in [0.1, 0.15) is 35.1 Å². The Bertz CT molecular complexity index is 1010. The number of hydrogen-bond acceptors (Lipinski definition) is 2. The fourth-order valence-corrected chi connectivity index (χ4v) is 4.66. The molecule has 1 aliphatic heterocycles. The normalized spacial score (nSPS) is 22.2. The maximum Gasteiger partial charge on any atom is 0.125 e. The van der Waals surface area contributed by atoms with Crippen LogP contribution < -0.4 is 10.1 Å². The number of rotatable bonds is 4. The summed E-state index contributed by atoms with van der Waals surface area (Å²) in [4.78, 5) is 0. The Kier molecular flexibility index (Phi) is 4.58. The number of ether oxygens (including phenoxy) is 1. The van der Waals surface area contributed by atoms with Gasteiger partial charge in [0.25, 0.3) is 0 Å². The highest BCUT2D eigenvalue weighted by atomic mass is 35.5. The molecule has 2 nitrogen and oxygen atoms in total. The van der Waals surface area contributed by atoms with Gasteiger partial charge in [0.1, 0.15) is 12.4 Å². The van der Waals surface area contributed by atoms with Crippen LogP contribution >= 0.6 is 11.6 Å². The maximum atomic E-state index is 6.27. The lowest BCUT2D eigenvalue weighted by Crippen LogP contribution is -2.29. The zero-order valence-electron chi connectivity index (χ0n) is 15.5. The summed E-state index contributed by atoms with van der Waals surface area (Å²) in [6.07, 6.45) is 5.69. The molecule has 3 aromatic carbocycles. The first-order chi connectivity index (χ1) is 13.8. The molecular formula is C25H22ClNO. The van der Waals surface area contributed by atoms with E-state index in [9.17, 15) is 0 Å². The lowest BCUT2D eigenvalue weighted by atomic mass is 9.77. The molecule has 3 unspecified atom stereocenters. The topological polar surface area (TPSA) is 21.3 Å². The minimum atomic E-state index is 0.209. The van der Waals surface area contributed by atoms with Crippen molar-refractivity contribution in [3.8, 4) is 5.75 Å². The van der Waals surface area contributed by atoms with E-state index in [2.05, 4.69) is 59.9 Å². The molecule has 0 aromatic heterocycles. The van der Waals surface area contributed by atoms with Crippen molar-refractivity contribution >= 4 is 17.3 Å². The summed E-state index contributed by atoms with van der Waals surface area (Å²) in [7, 11) is 0. The van der Waals surface area contributed by atoms with E-state index in [4.69, 9.17) is 16.3 Å². The highest BCUT2D eigenvalue weighted by Crippen LogP contribution is 2.51. The fourth-order valence-electron chi connectivity index (χ4n) is 4.48. The number of allylic oxidation sites excluding steroid dienone is 2. The number of benzene rings is 3. The van der Waals surface area contributed by atoms with Crippen molar-refractivity contribution in [3.05, 3.63) is 107 Å². The van der Waals surface area contributed by atoms with Gasteiger partial charge in [-0.3, -0.25) is 0 Å². The van der Waals surface area contributed by atoms with Gasteiger partial charge in [0.2, 0.25) is 0 Å². The molecule has 1 N–H and O–H groups in total. The van der Waals surface area contributed by atoms with Crippen molar-refractivity contribution in [3.63, 3.8) is 0 Å². The molecule has 2 aliphatic rings. The van der Waals surface area contributed by atoms with Crippen LogP contribution in [0.5, 0.6) is 5.75 Å². The number of nitrogens with one attached hydrogen (secondary N) is 1. The largest absolute Gasteiger partial charge is 0.489 e. The van der Waals surface area contributed by atoms with Crippen LogP contribution in [0.4, 0.5) is 5.69 Å². The van der Waals surface area contributed by atoms with Gasteiger partial charge in [-0.25, -0.2) is 0 Å². The van der Waals surface area contributed by atoms with Crippen molar-refractivity contribution in [1.82, 2.24) is 0 Å². The Morgan fingerprint density at radius 2 is 1.75 bits per heavy atom. The van der Waals surface area contributed by atoms with Gasteiger partial charge in [0.05, 0.1) is 6.04 Å². The molecule has 0 amide bonds. The zero-order valence-corrected chi connectivity index (χ0v) is 16.3. The Labute approximate surface area is 170 Å². The number of hydrogen-bond donors (Lipinski definition) is 1. The van der Waals surface area contributed by atoms with Crippen molar-refractivity contribution < 1.29 is 4.74 Å². The highest BCUT2D eigenvalue weighted by molar-refractivity contribution is 6.30. The van der Waals surface area contributed by atoms with Crippen LogP contribution in [0.3, 0.4) is 0 Å². The lowest BCUT2D eigenvalue weighted by Gasteiger charge is -2.38. The van der Waals surface area contributed by atoms with Crippen molar-refractivity contribution in [2.75, 3.05) is 5.32 Å². The quantitative estimate of drug-likeness (QED) is 0.500. The maximum absolute atomic E-state index is 6.27. The van der Waals surface area contributed by atoms with Crippen molar-refractivity contribution in [2.24, 2.45) is 5.92 Å². The van der Waals surface area contributed by atoms with E-state index in [0.29, 0.717) is 18.4 Å². The standard InChI is InChI=1S/C25H22ClNO/c26-18-13-14-23-22(15-18)19-10-6-11-20(19)25(27-23)21-9-4-5-12-24(21)28-16-17-7-2-1-3-8-17/h1-10,12-15,19-20,25,27H,11,16H2. The molecule has 0 saturated carbocycles. The number of para-hydroxylation sites is 1. The minimum absolute atomic E-state index is 0.209. The summed E-state index contributed by atoms with van der Waals surface area (Å²) in [6.45, 7) is 0.573. The van der Waals surface area contributed by atoms with Gasteiger partial charge >= 0.3 is 0 Å². The molecule has 5 rings (SSSR count). The van der Waals surface area contributed by atoms with Gasteiger partial charge in [-0.05, 0) is 47.7 Å². The summed E-state index contributed by atoms with van der Waals surface area (Å²) in [5.41, 5.74) is 4.86. The van der Waals surface area contributed by atoms with Crippen LogP contribution in [0, 0.1) is 5.92 Å². The zero-order chi connectivity index (χ0) is 18.9. The van der Waals surface area contributed by atoms with Crippen LogP contribution in [-0.2, 0) is 6.61 Å². The van der Waals surface area contributed by atoms with E-state index in [1.807, 2.05) is 30.3 Å². The van der Waals surface area contributed by atoms with E-state index in [1.165, 1.54) is 22.4 Å². The molecular weight excluding hydrogens is 366 g/mol. The van der Waals surface area contributed by atoms with Gasteiger partial charge in [0, 0.05) is 22.2 Å². The second-order valence-electron chi connectivity index (χ2n) is 7.52. The summed E-state index contributed by atoms with van der Waals surface area (Å²) in [6, 6.07) is 25.1. The summed E-state index contributed by atoms with van der Waals surface area (Å²) in [5, 5.41) is 4.57. The van der Waals surface area contributed by atoms with Crippen LogP contribution in [-0.4, -0.2) is 0 Å². The first-order valence-corrected chi connectivity index (χ1v) is 10.2. The Morgan fingerprint density at radius 1 is 0.929 bits per heavy atom. The summed E-state index contributed by atoms with van der Waals surface area (Å²) < 4.78 is 6.25. The molecule has 0 spiro atoms. The Morgan fingerprint density at radius 3 is 2.64 bits per heavy atom. The second kappa shape index (κ2) is 7.37. The van der Waals surface area contributed by atoms with Gasteiger partial charge in [-0.1, -0.05) is 72.3 Å². The number of anilines is 1. The average Bonchev–Trinajstić information content (AvgIpc) is 3.23. The summed E-state index contributed by atoms with van der Waals surface area (Å²) in [5.74, 6) is 1.81. The third kappa shape index (κ3) is 3.18. The van der Waals surface area contributed by atoms with E-state index in [-0.39, 0.29) is 6.04 Å². The number of fused-ring (bicyclic) bond motifs is 3. The molecule has 140 valence electrons. The smallest absolute Gasteiger partial charge is 0.125 e. The molecule has 1 aliphatic carbocycles. The van der Waals surface area contributed by atoms with Crippen LogP contribution in [0.2, 0.25) is 5.02 Å². The average molecular weight is 388 g/mol. The highest BCUT2D eigenvalue weighted by Gasteiger charge is 2.38. The fraction of sp³-hybridized carbons (Fsp3) is 0.200. The van der Waals surface area contributed by atoms with Gasteiger partial charge in [0.15, 0.2) is 0 Å². The molecule has 0 bridgehead atoms. The van der Waals surface area contributed by atoms with E-state index in [1.54, 1.807) is 0 Å². The van der Waals surface area contributed by atoms with Crippen molar-refractivity contribution in [2.45, 2.75) is 25.0 Å². The molecule has 0 saturated heterocycles. The van der Waals surface area contributed by atoms with Gasteiger partial charge in [-0.15, -0.1) is 0 Å². The van der Waals surface area contributed by atoms with Crippen LogP contribution in [0.25, 0.3) is 0 Å². The first kappa shape index (κ1) is 17.4. The molecule has 3 heteroatoms. The monoisotopic (exact) mass is 387 g/mol. The molecule has 0 fully saturated rings. The number of halogens is 1. The second-order valence-corrected chi connectivity index (χ2v) is 7.96. The minimum Gasteiger partial charge on any atom is -0.489 e. The third-order valence-electron chi connectivity index (χ3n) is 5.82. The Balaban J connectivity index is 1.47. The lowest BCUT2D eigenvalue weighted by molar-refractivity contribution is 0.296. The van der Waals surface area contributed by atoms with E-state index < -0.39 is 0 Å². The SMILES string of the molecule is Clc1ccc2c(c1)C1C=CCC1C(c1ccccc1OCc1ccccc1)N2. The first-order valence-electron chi connectivity index (χ1n) is 9.78. The molecule has 1 heterocycles. The van der Waals surface area contributed by atoms with Crippen molar-refractivity contribution in [1.29, 1.82) is 0 Å². The van der Waals surface area contributed by atoms with Crippen LogP contribution in [0.15, 0.2) is 84.9 Å². The molecule has 28 heavy (non-hydrogen) atoms. The van der Waals surface area contributed by atoms with E-state index >= 15 is 0 Å². The molecule has 3 aromatic rings. The van der Waals surface area contributed by atoms with Gasteiger partial charge < -0.3 is 10.1 Å².